The van der Waals surface area contributed by atoms with Gasteiger partial charge in [0.25, 0.3) is 0 Å². The van der Waals surface area contributed by atoms with Crippen LogP contribution in [0.2, 0.25) is 0 Å². The summed E-state index contributed by atoms with van der Waals surface area (Å²) in [5.41, 5.74) is 15.7. The maximum Gasteiger partial charge on any atom is 0.303 e. The summed E-state index contributed by atoms with van der Waals surface area (Å²) in [5, 5.41) is 27.1. The number of quaternary nitrogens is 1. The van der Waals surface area contributed by atoms with E-state index in [9.17, 15) is 24.3 Å². The number of nitrogens with two attached hydrogens (primary N) is 2. The number of halogens is 1. The Morgan fingerprint density at radius 3 is 2.20 bits per heavy atom. The summed E-state index contributed by atoms with van der Waals surface area (Å²) in [4.78, 5) is 49.0. The first-order valence-electron chi connectivity index (χ1n) is 24.9. The molecule has 1 fully saturated rings. The molecule has 0 radical (unpaired) electrons. The summed E-state index contributed by atoms with van der Waals surface area (Å²) in [6.07, 6.45) is 10.1. The Hall–Kier alpha value is -5.91. The van der Waals surface area contributed by atoms with E-state index in [1.165, 1.54) is 6.07 Å². The van der Waals surface area contributed by atoms with Gasteiger partial charge in [-0.1, -0.05) is 62.2 Å². The highest BCUT2D eigenvalue weighted by molar-refractivity contribution is 5.77. The number of likely N-dealkylation sites (N-methyl/N-ethyl adjacent to an activating group) is 1. The van der Waals surface area contributed by atoms with Crippen LogP contribution in [0.15, 0.2) is 66.9 Å². The zero-order chi connectivity index (χ0) is 50.5. The zero-order valence-corrected chi connectivity index (χ0v) is 41.8. The lowest BCUT2D eigenvalue weighted by Crippen LogP contribution is -2.52. The highest BCUT2D eigenvalue weighted by Gasteiger charge is 2.34. The SMILES string of the molecule is COc1ccc(F)c(-c2ccc(COc3cccc([C@@H](CC(=O)O)C4CC4)c3)cc2CC(C)(C)Cn2cc(CCCCCCC(=O)NCC[N+](C)(CCC(=O)NCCN)CCC(=O)NCCN)nn2)c1. The molecule has 0 spiro atoms. The minimum atomic E-state index is -0.798. The number of aromatic nitrogens is 3. The molecule has 1 aliphatic carbocycles. The van der Waals surface area contributed by atoms with E-state index < -0.39 is 5.97 Å². The monoisotopic (exact) mass is 971 g/mol. The molecule has 1 atom stereocenters. The lowest BCUT2D eigenvalue weighted by Gasteiger charge is -2.34. The number of ether oxygens (including phenoxy) is 2. The first-order chi connectivity index (χ1) is 33.6. The van der Waals surface area contributed by atoms with Crippen LogP contribution in [0, 0.1) is 17.2 Å². The molecule has 0 aliphatic heterocycles. The fourth-order valence-corrected chi connectivity index (χ4v) is 8.95. The zero-order valence-electron chi connectivity index (χ0n) is 41.8. The number of carbonyl (C=O) groups is 4. The number of methoxy groups -OCH3 is 1. The molecule has 382 valence electrons. The summed E-state index contributed by atoms with van der Waals surface area (Å²) in [7, 11) is 3.56. The number of carboxylic acids is 1. The van der Waals surface area contributed by atoms with Crippen LogP contribution in [-0.4, -0.2) is 115 Å². The van der Waals surface area contributed by atoms with Gasteiger partial charge < -0.3 is 46.5 Å². The number of nitrogens with zero attached hydrogens (tertiary/aromatic N) is 4. The van der Waals surface area contributed by atoms with Crippen molar-refractivity contribution in [3.63, 3.8) is 0 Å². The fourth-order valence-electron chi connectivity index (χ4n) is 8.95. The van der Waals surface area contributed by atoms with Gasteiger partial charge in [-0.25, -0.2) is 4.39 Å². The Morgan fingerprint density at radius 2 is 1.53 bits per heavy atom. The standard InChI is InChI=1S/C53H76FN9O7/c1-53(2,34-41-30-38(14-18-45(41)47-32-43(69-4)17-19-48(47)54)36-70-44-12-9-10-40(31-44)46(33-52(67)68)39-15-16-39)37-62-35-42(60-61-62)11-7-5-6-8-13-49(64)59-26-29-63(3,27-20-50(65)57-24-22-55)28-21-51(66)58-25-23-56/h9-10,12,14,17-19,30-32,35,39,46H,5-8,11,13,15-16,20-29,33-34,36-37,55-56H2,1-4H3,(H3-,57,58,59,64,65,66,67,68)/p+1/t46-/m0/s1. The van der Waals surface area contributed by atoms with E-state index in [0.29, 0.717) is 112 Å². The number of rotatable bonds is 33. The topological polar surface area (TPSA) is 226 Å². The van der Waals surface area contributed by atoms with E-state index in [-0.39, 0.29) is 47.9 Å². The molecule has 5 rings (SSSR count). The molecule has 3 aromatic carbocycles. The number of hydrogen-bond donors (Lipinski definition) is 6. The minimum Gasteiger partial charge on any atom is -0.497 e. The second-order valence-electron chi connectivity index (χ2n) is 19.8. The molecule has 3 amide bonds. The average Bonchev–Trinajstić information content (AvgIpc) is 4.09. The molecule has 4 aromatic rings. The molecule has 70 heavy (non-hydrogen) atoms. The van der Waals surface area contributed by atoms with Crippen LogP contribution in [0.4, 0.5) is 4.39 Å². The van der Waals surface area contributed by atoms with Crippen LogP contribution < -0.4 is 36.9 Å². The number of amides is 3. The lowest BCUT2D eigenvalue weighted by molar-refractivity contribution is -0.907. The molecule has 16 nitrogen and oxygen atoms in total. The van der Waals surface area contributed by atoms with Crippen molar-refractivity contribution >= 4 is 23.7 Å². The second-order valence-corrected chi connectivity index (χ2v) is 19.8. The smallest absolute Gasteiger partial charge is 0.303 e. The van der Waals surface area contributed by atoms with Crippen molar-refractivity contribution < 1.29 is 42.6 Å². The van der Waals surface area contributed by atoms with Gasteiger partial charge >= 0.3 is 5.97 Å². The fraction of sp³-hybridized carbons (Fsp3) is 0.547. The minimum absolute atomic E-state index is 0.0158. The van der Waals surface area contributed by atoms with Crippen LogP contribution in [-0.2, 0) is 45.2 Å². The average molecular weight is 971 g/mol. The third-order valence-electron chi connectivity index (χ3n) is 13.0. The van der Waals surface area contributed by atoms with Crippen LogP contribution in [0.25, 0.3) is 11.1 Å². The van der Waals surface area contributed by atoms with Gasteiger partial charge in [0.15, 0.2) is 0 Å². The number of carboxylic acid groups (broad SMARTS) is 1. The Morgan fingerprint density at radius 1 is 0.843 bits per heavy atom. The molecule has 1 saturated carbocycles. The van der Waals surface area contributed by atoms with Crippen molar-refractivity contribution in [1.82, 2.24) is 30.9 Å². The number of nitrogens with one attached hydrogen (secondary N) is 3. The number of aliphatic carboxylic acids is 1. The third-order valence-corrected chi connectivity index (χ3v) is 13.0. The molecule has 0 unspecified atom stereocenters. The quantitative estimate of drug-likeness (QED) is 0.0244. The van der Waals surface area contributed by atoms with Gasteiger partial charge in [0.2, 0.25) is 17.7 Å². The van der Waals surface area contributed by atoms with E-state index in [0.717, 1.165) is 72.9 Å². The number of hydrogen-bond acceptors (Lipinski definition) is 10. The van der Waals surface area contributed by atoms with Crippen molar-refractivity contribution in [3.05, 3.63) is 95.1 Å². The Kier molecular flexibility index (Phi) is 21.6. The van der Waals surface area contributed by atoms with Crippen LogP contribution in [0.1, 0.15) is 106 Å². The van der Waals surface area contributed by atoms with Crippen LogP contribution in [0.3, 0.4) is 0 Å². The largest absolute Gasteiger partial charge is 0.497 e. The van der Waals surface area contributed by atoms with Gasteiger partial charge in [0.1, 0.15) is 23.9 Å². The summed E-state index contributed by atoms with van der Waals surface area (Å²) >= 11 is 0. The molecule has 17 heteroatoms. The first-order valence-corrected chi connectivity index (χ1v) is 24.9. The van der Waals surface area contributed by atoms with Gasteiger partial charge in [-0.15, -0.1) is 5.10 Å². The Balaban J connectivity index is 1.10. The van der Waals surface area contributed by atoms with Crippen LogP contribution >= 0.6 is 0 Å². The van der Waals surface area contributed by atoms with Crippen molar-refractivity contribution in [2.24, 2.45) is 22.8 Å². The van der Waals surface area contributed by atoms with Gasteiger partial charge in [-0.05, 0) is 108 Å². The molecular formula is C53H77FN9O7+. The summed E-state index contributed by atoms with van der Waals surface area (Å²) < 4.78 is 29.6. The normalized spacial score (nSPS) is 13.1. The van der Waals surface area contributed by atoms with Crippen molar-refractivity contribution in [1.29, 1.82) is 0 Å². The molecular weight excluding hydrogens is 894 g/mol. The molecule has 8 N–H and O–H groups in total. The number of carbonyl (C=O) groups excluding carboxylic acids is 3. The van der Waals surface area contributed by atoms with E-state index in [1.807, 2.05) is 54.3 Å². The van der Waals surface area contributed by atoms with E-state index in [2.05, 4.69) is 46.2 Å². The van der Waals surface area contributed by atoms with Gasteiger partial charge in [0, 0.05) is 50.9 Å². The third kappa shape index (κ3) is 18.8. The Bertz CT molecular complexity index is 2290. The van der Waals surface area contributed by atoms with Crippen molar-refractivity contribution in [2.75, 3.05) is 66.5 Å². The second kappa shape index (κ2) is 27.5. The maximum atomic E-state index is 15.5. The lowest BCUT2D eigenvalue weighted by atomic mass is 9.82. The molecule has 0 bridgehead atoms. The summed E-state index contributed by atoms with van der Waals surface area (Å²) in [6, 6.07) is 18.5. The van der Waals surface area contributed by atoms with E-state index >= 15 is 4.39 Å². The summed E-state index contributed by atoms with van der Waals surface area (Å²) in [5.74, 6) is 0.259. The molecule has 1 heterocycles. The maximum absolute atomic E-state index is 15.5. The number of unbranched alkanes of at least 4 members (excludes halogenated alkanes) is 3. The highest BCUT2D eigenvalue weighted by Crippen LogP contribution is 2.45. The highest BCUT2D eigenvalue weighted by atomic mass is 19.1. The number of aryl methyl sites for hydroxylation is 1. The molecule has 0 saturated heterocycles. The molecule has 1 aromatic heterocycles. The summed E-state index contributed by atoms with van der Waals surface area (Å²) in [6.45, 7) is 8.82. The Labute approximate surface area is 413 Å². The van der Waals surface area contributed by atoms with Crippen molar-refractivity contribution in [3.8, 4) is 22.6 Å². The van der Waals surface area contributed by atoms with Gasteiger partial charge in [-0.2, -0.15) is 0 Å². The van der Waals surface area contributed by atoms with Gasteiger partial charge in [-0.3, -0.25) is 23.9 Å². The van der Waals surface area contributed by atoms with Gasteiger partial charge in [0.05, 0.1) is 65.3 Å². The first kappa shape index (κ1) is 55.0. The predicted octanol–water partition coefficient (Wildman–Crippen LogP) is 5.89. The molecule has 1 aliphatic rings. The predicted molar refractivity (Wildman–Crippen MR) is 268 cm³/mol. The number of benzene rings is 3. The van der Waals surface area contributed by atoms with Crippen LogP contribution in [0.5, 0.6) is 11.5 Å². The van der Waals surface area contributed by atoms with E-state index in [1.54, 1.807) is 19.2 Å². The van der Waals surface area contributed by atoms with Crippen molar-refractivity contribution in [2.45, 2.75) is 110 Å². The van der Waals surface area contributed by atoms with E-state index in [4.69, 9.17) is 20.9 Å².